The summed E-state index contributed by atoms with van der Waals surface area (Å²) in [5.74, 6) is 0.0745. The van der Waals surface area contributed by atoms with E-state index in [1.165, 1.54) is 0 Å². The van der Waals surface area contributed by atoms with Gasteiger partial charge in [0.2, 0.25) is 0 Å². The lowest BCUT2D eigenvalue weighted by molar-refractivity contribution is 0.211. The highest BCUT2D eigenvalue weighted by molar-refractivity contribution is 7.85. The molecule has 3 nitrogen and oxygen atoms in total. The minimum Gasteiger partial charge on any atom is -0.507 e. The number of likely N-dealkylation sites (tertiary alicyclic amines) is 1. The molecule has 1 aliphatic rings. The lowest BCUT2D eigenvalue weighted by atomic mass is 10.1. The maximum atomic E-state index is 14.3. The molecule has 1 aliphatic heterocycles. The molecule has 0 aliphatic carbocycles. The number of halogens is 1. The summed E-state index contributed by atoms with van der Waals surface area (Å²) in [4.78, 5) is 2.54. The van der Waals surface area contributed by atoms with E-state index in [2.05, 4.69) is 4.90 Å². The summed E-state index contributed by atoms with van der Waals surface area (Å²) in [5, 5.41) is 9.82. The van der Waals surface area contributed by atoms with Crippen molar-refractivity contribution < 1.29 is 13.7 Å². The zero-order valence-corrected chi connectivity index (χ0v) is 15.0. The maximum absolute atomic E-state index is 14.3. The number of aryl methyl sites for hydroxylation is 1. The van der Waals surface area contributed by atoms with Crippen LogP contribution in [0.2, 0.25) is 0 Å². The number of phenols is 1. The quantitative estimate of drug-likeness (QED) is 0.820. The van der Waals surface area contributed by atoms with Gasteiger partial charge in [0, 0.05) is 13.1 Å². The van der Waals surface area contributed by atoms with Gasteiger partial charge < -0.3 is 5.11 Å². The molecule has 2 aromatic carbocycles. The normalized spacial score (nSPS) is 20.4. The third kappa shape index (κ3) is 4.89. The summed E-state index contributed by atoms with van der Waals surface area (Å²) in [7, 11) is -1.25. The summed E-state index contributed by atoms with van der Waals surface area (Å²) < 4.78 is 26.9. The van der Waals surface area contributed by atoms with E-state index in [4.69, 9.17) is 0 Å². The lowest BCUT2D eigenvalue weighted by Crippen LogP contribution is -2.30. The Morgan fingerprint density at radius 2 is 1.88 bits per heavy atom. The largest absolute Gasteiger partial charge is 0.507 e. The van der Waals surface area contributed by atoms with Crippen LogP contribution in [0.3, 0.4) is 0 Å². The number of hydrogen-bond donors (Lipinski definition) is 1. The van der Waals surface area contributed by atoms with E-state index in [0.717, 1.165) is 24.9 Å². The highest BCUT2D eigenvalue weighted by Gasteiger charge is 2.30. The van der Waals surface area contributed by atoms with Crippen LogP contribution in [0.1, 0.15) is 18.4 Å². The molecule has 0 bridgehead atoms. The van der Waals surface area contributed by atoms with E-state index in [0.29, 0.717) is 24.4 Å². The number of hydrogen-bond acceptors (Lipinski definition) is 3. The molecule has 1 heterocycles. The molecular formula is C20H24FNO2S. The summed E-state index contributed by atoms with van der Waals surface area (Å²) in [6.45, 7) is 1.77. The molecule has 0 spiro atoms. The number of rotatable bonds is 7. The highest BCUT2D eigenvalue weighted by Crippen LogP contribution is 2.26. The van der Waals surface area contributed by atoms with Crippen molar-refractivity contribution in [3.8, 4) is 5.75 Å². The first-order chi connectivity index (χ1) is 12.1. The van der Waals surface area contributed by atoms with Gasteiger partial charge >= 0.3 is 0 Å². The molecule has 3 atom stereocenters. The van der Waals surface area contributed by atoms with Crippen molar-refractivity contribution in [1.29, 1.82) is 0 Å². The van der Waals surface area contributed by atoms with Crippen molar-refractivity contribution in [2.75, 3.05) is 19.6 Å². The van der Waals surface area contributed by atoms with Crippen molar-refractivity contribution in [2.24, 2.45) is 0 Å². The third-order valence-electron chi connectivity index (χ3n) is 4.66. The summed E-state index contributed by atoms with van der Waals surface area (Å²) in [6, 6.07) is 16.7. The van der Waals surface area contributed by atoms with Crippen LogP contribution < -0.4 is 0 Å². The number of phenolic OH excluding ortho intramolecular Hbond substituents is 1. The van der Waals surface area contributed by atoms with Crippen LogP contribution in [0.5, 0.6) is 5.75 Å². The predicted octanol–water partition coefficient (Wildman–Crippen LogP) is 3.55. The minimum absolute atomic E-state index is 0.0466. The van der Waals surface area contributed by atoms with Gasteiger partial charge in [0.05, 0.1) is 20.9 Å². The second-order valence-corrected chi connectivity index (χ2v) is 8.26. The Labute approximate surface area is 150 Å². The van der Waals surface area contributed by atoms with Crippen LogP contribution in [0.4, 0.5) is 4.39 Å². The average Bonchev–Trinajstić information content (AvgIpc) is 3.09. The number of alkyl halides is 1. The summed E-state index contributed by atoms with van der Waals surface area (Å²) in [5.41, 5.74) is 1.16. The van der Waals surface area contributed by atoms with Crippen LogP contribution in [0.15, 0.2) is 59.5 Å². The molecule has 3 rings (SSSR count). The molecule has 0 radical (unpaired) electrons. The van der Waals surface area contributed by atoms with Gasteiger partial charge in [-0.3, -0.25) is 9.11 Å². The third-order valence-corrected chi connectivity index (χ3v) is 6.43. The molecule has 25 heavy (non-hydrogen) atoms. The van der Waals surface area contributed by atoms with E-state index >= 15 is 0 Å². The predicted molar refractivity (Wildman–Crippen MR) is 99.0 cm³/mol. The zero-order valence-electron chi connectivity index (χ0n) is 14.2. The fourth-order valence-corrected chi connectivity index (χ4v) is 4.80. The number of aromatic hydroxyl groups is 1. The van der Waals surface area contributed by atoms with Crippen LogP contribution in [0, 0.1) is 0 Å². The first-order valence-electron chi connectivity index (χ1n) is 8.72. The Morgan fingerprint density at radius 1 is 1.16 bits per heavy atom. The van der Waals surface area contributed by atoms with Gasteiger partial charge in [0.1, 0.15) is 11.9 Å². The second kappa shape index (κ2) is 8.59. The lowest BCUT2D eigenvalue weighted by Gasteiger charge is -2.18. The fraction of sp³-hybridized carbons (Fsp3) is 0.400. The van der Waals surface area contributed by atoms with Gasteiger partial charge in [-0.15, -0.1) is 0 Å². The number of benzene rings is 2. The first-order valence-corrected chi connectivity index (χ1v) is 9.93. The molecule has 0 amide bonds. The van der Waals surface area contributed by atoms with Crippen LogP contribution in [-0.2, 0) is 17.2 Å². The molecular weight excluding hydrogens is 337 g/mol. The van der Waals surface area contributed by atoms with Crippen LogP contribution >= 0.6 is 0 Å². The molecule has 1 N–H and O–H groups in total. The summed E-state index contributed by atoms with van der Waals surface area (Å²) >= 11 is 0. The van der Waals surface area contributed by atoms with Crippen molar-refractivity contribution in [1.82, 2.24) is 4.90 Å². The second-order valence-electron chi connectivity index (χ2n) is 6.56. The van der Waals surface area contributed by atoms with Gasteiger partial charge in [-0.2, -0.15) is 0 Å². The topological polar surface area (TPSA) is 40.5 Å². The smallest absolute Gasteiger partial charge is 0.131 e. The molecule has 0 aromatic heterocycles. The fourth-order valence-electron chi connectivity index (χ4n) is 3.28. The summed E-state index contributed by atoms with van der Waals surface area (Å²) in [6.07, 6.45) is 1.14. The van der Waals surface area contributed by atoms with Crippen LogP contribution in [-0.4, -0.2) is 45.3 Å². The standard InChI is InChI=1S/C20H24FNO2S/c21-17(11-10-16-6-2-1-3-7-16)14-22-13-12-18(15-22)25(24)20-9-5-4-8-19(20)23/h1-9,17-18,23H,10-15H2. The highest BCUT2D eigenvalue weighted by atomic mass is 32.2. The minimum atomic E-state index is -1.25. The van der Waals surface area contributed by atoms with E-state index in [-0.39, 0.29) is 11.0 Å². The Kier molecular flexibility index (Phi) is 6.21. The molecule has 3 unspecified atom stereocenters. The van der Waals surface area contributed by atoms with E-state index in [1.54, 1.807) is 24.3 Å². The van der Waals surface area contributed by atoms with Gasteiger partial charge in [-0.25, -0.2) is 4.39 Å². The average molecular weight is 361 g/mol. The molecule has 5 heteroatoms. The van der Waals surface area contributed by atoms with Gasteiger partial charge in [0.25, 0.3) is 0 Å². The molecule has 2 aromatic rings. The molecule has 134 valence electrons. The van der Waals surface area contributed by atoms with Gasteiger partial charge in [0.15, 0.2) is 0 Å². The monoisotopic (exact) mass is 361 g/mol. The zero-order chi connectivity index (χ0) is 17.6. The maximum Gasteiger partial charge on any atom is 0.131 e. The van der Waals surface area contributed by atoms with Crippen molar-refractivity contribution in [2.45, 2.75) is 35.6 Å². The SMILES string of the molecule is O=S(c1ccccc1O)C1CCN(CC(F)CCc2ccccc2)C1. The van der Waals surface area contributed by atoms with Crippen molar-refractivity contribution in [3.05, 3.63) is 60.2 Å². The van der Waals surface area contributed by atoms with Crippen molar-refractivity contribution >= 4 is 10.8 Å². The van der Waals surface area contributed by atoms with Gasteiger partial charge in [-0.05, 0) is 43.5 Å². The molecule has 1 fully saturated rings. The molecule has 1 saturated heterocycles. The van der Waals surface area contributed by atoms with Gasteiger partial charge in [-0.1, -0.05) is 42.5 Å². The number of nitrogens with zero attached hydrogens (tertiary/aromatic N) is 1. The molecule has 0 saturated carbocycles. The Balaban J connectivity index is 1.48. The first kappa shape index (κ1) is 18.1. The van der Waals surface area contributed by atoms with Crippen LogP contribution in [0.25, 0.3) is 0 Å². The Morgan fingerprint density at radius 3 is 2.64 bits per heavy atom. The van der Waals surface area contributed by atoms with Crippen molar-refractivity contribution in [3.63, 3.8) is 0 Å². The Hall–Kier alpha value is -1.72. The van der Waals surface area contributed by atoms with E-state index in [1.807, 2.05) is 30.3 Å². The number of para-hydroxylation sites is 1. The van der Waals surface area contributed by atoms with E-state index in [9.17, 15) is 13.7 Å². The van der Waals surface area contributed by atoms with E-state index < -0.39 is 17.0 Å². The Bertz CT molecular complexity index is 710.